The molecule has 0 unspecified atom stereocenters. The minimum Gasteiger partial charge on any atom is -0.394 e. The number of amides is 1. The molecule has 1 aromatic heterocycles. The van der Waals surface area contributed by atoms with Crippen LogP contribution in [0.4, 0.5) is 0 Å². The van der Waals surface area contributed by atoms with Crippen LogP contribution in [0.1, 0.15) is 45.9 Å². The van der Waals surface area contributed by atoms with Crippen LogP contribution in [0.2, 0.25) is 0 Å². The monoisotopic (exact) mass is 327 g/mol. The Kier molecular flexibility index (Phi) is 5.00. The molecule has 5 heteroatoms. The van der Waals surface area contributed by atoms with Gasteiger partial charge in [0.15, 0.2) is 0 Å². The third kappa shape index (κ3) is 3.22. The maximum Gasteiger partial charge on any atom is 0.254 e. The minimum atomic E-state index is 0.0959. The molecule has 5 nitrogen and oxygen atoms in total. The lowest BCUT2D eigenvalue weighted by Crippen LogP contribution is -2.38. The fourth-order valence-corrected chi connectivity index (χ4v) is 3.50. The SMILES string of the molecule is Cc1cccc(C(=O)N2CCC(c3ccnn3CCO)CC2)c1C. The van der Waals surface area contributed by atoms with E-state index in [9.17, 15) is 4.79 Å². The van der Waals surface area contributed by atoms with E-state index in [-0.39, 0.29) is 12.5 Å². The van der Waals surface area contributed by atoms with Crippen LogP contribution in [0.5, 0.6) is 0 Å². The van der Waals surface area contributed by atoms with Gasteiger partial charge in [-0.25, -0.2) is 0 Å². The minimum absolute atomic E-state index is 0.0959. The van der Waals surface area contributed by atoms with Crippen LogP contribution in [0.15, 0.2) is 30.5 Å². The molecule has 128 valence electrons. The predicted octanol–water partition coefficient (Wildman–Crippen LogP) is 2.51. The fraction of sp³-hybridized carbons (Fsp3) is 0.474. The number of piperidine rings is 1. The Morgan fingerprint density at radius 3 is 2.71 bits per heavy atom. The Hall–Kier alpha value is -2.14. The van der Waals surface area contributed by atoms with Gasteiger partial charge in [0.2, 0.25) is 0 Å². The van der Waals surface area contributed by atoms with E-state index in [1.165, 1.54) is 5.69 Å². The molecule has 1 aliphatic rings. The first-order valence-electron chi connectivity index (χ1n) is 8.60. The molecule has 1 fully saturated rings. The van der Waals surface area contributed by atoms with Crippen molar-refractivity contribution in [2.75, 3.05) is 19.7 Å². The molecule has 3 rings (SSSR count). The molecular formula is C19H25N3O2. The zero-order valence-corrected chi connectivity index (χ0v) is 14.4. The third-order valence-electron chi connectivity index (χ3n) is 5.10. The van der Waals surface area contributed by atoms with Crippen LogP contribution in [-0.4, -0.2) is 45.4 Å². The van der Waals surface area contributed by atoms with Gasteiger partial charge in [-0.15, -0.1) is 0 Å². The second-order valence-electron chi connectivity index (χ2n) is 6.52. The van der Waals surface area contributed by atoms with Gasteiger partial charge in [-0.3, -0.25) is 9.48 Å². The van der Waals surface area contributed by atoms with Crippen LogP contribution in [0.3, 0.4) is 0 Å². The van der Waals surface area contributed by atoms with Crippen molar-refractivity contribution in [3.63, 3.8) is 0 Å². The van der Waals surface area contributed by atoms with Crippen molar-refractivity contribution in [2.45, 2.75) is 39.2 Å². The van der Waals surface area contributed by atoms with Gasteiger partial charge in [-0.2, -0.15) is 5.10 Å². The van der Waals surface area contributed by atoms with E-state index >= 15 is 0 Å². The van der Waals surface area contributed by atoms with Gasteiger partial charge in [0.05, 0.1) is 13.2 Å². The Labute approximate surface area is 142 Å². The summed E-state index contributed by atoms with van der Waals surface area (Å²) in [6, 6.07) is 7.95. The predicted molar refractivity (Wildman–Crippen MR) is 93.1 cm³/mol. The Morgan fingerprint density at radius 1 is 1.25 bits per heavy atom. The summed E-state index contributed by atoms with van der Waals surface area (Å²) in [7, 11) is 0. The molecule has 24 heavy (non-hydrogen) atoms. The number of aromatic nitrogens is 2. The summed E-state index contributed by atoms with van der Waals surface area (Å²) < 4.78 is 1.88. The average molecular weight is 327 g/mol. The summed E-state index contributed by atoms with van der Waals surface area (Å²) in [5.74, 6) is 0.542. The summed E-state index contributed by atoms with van der Waals surface area (Å²) in [6.45, 7) is 6.22. The summed E-state index contributed by atoms with van der Waals surface area (Å²) in [5, 5.41) is 13.4. The molecule has 1 aliphatic heterocycles. The number of likely N-dealkylation sites (tertiary alicyclic amines) is 1. The van der Waals surface area contributed by atoms with E-state index in [0.29, 0.717) is 12.5 Å². The zero-order valence-electron chi connectivity index (χ0n) is 14.4. The maximum atomic E-state index is 12.8. The number of carbonyl (C=O) groups is 1. The van der Waals surface area contributed by atoms with Crippen molar-refractivity contribution in [3.8, 4) is 0 Å². The molecule has 1 saturated heterocycles. The summed E-state index contributed by atoms with van der Waals surface area (Å²) in [5.41, 5.74) is 4.22. The molecule has 2 heterocycles. The summed E-state index contributed by atoms with van der Waals surface area (Å²) >= 11 is 0. The number of aliphatic hydroxyl groups is 1. The molecule has 1 N–H and O–H groups in total. The van der Waals surface area contributed by atoms with Gasteiger partial charge < -0.3 is 10.0 Å². The molecule has 0 spiro atoms. The molecule has 1 aromatic carbocycles. The molecule has 1 amide bonds. The Morgan fingerprint density at radius 2 is 2.00 bits per heavy atom. The highest BCUT2D eigenvalue weighted by Crippen LogP contribution is 2.29. The molecule has 2 aromatic rings. The normalized spacial score (nSPS) is 15.7. The van der Waals surface area contributed by atoms with Crippen molar-refractivity contribution >= 4 is 5.91 Å². The second kappa shape index (κ2) is 7.18. The first-order valence-corrected chi connectivity index (χ1v) is 8.60. The van der Waals surface area contributed by atoms with Crippen molar-refractivity contribution in [2.24, 2.45) is 0 Å². The molecule has 0 radical (unpaired) electrons. The second-order valence-corrected chi connectivity index (χ2v) is 6.52. The first kappa shape index (κ1) is 16.7. The van der Waals surface area contributed by atoms with Gasteiger partial charge in [0, 0.05) is 36.5 Å². The van der Waals surface area contributed by atoms with Crippen molar-refractivity contribution in [1.29, 1.82) is 0 Å². The highest BCUT2D eigenvalue weighted by molar-refractivity contribution is 5.96. The average Bonchev–Trinajstić information content (AvgIpc) is 3.05. The van der Waals surface area contributed by atoms with Gasteiger partial charge in [0.25, 0.3) is 5.91 Å². The van der Waals surface area contributed by atoms with Gasteiger partial charge in [-0.05, 0) is 49.9 Å². The van der Waals surface area contributed by atoms with Crippen LogP contribution in [0.25, 0.3) is 0 Å². The van der Waals surface area contributed by atoms with Crippen LogP contribution >= 0.6 is 0 Å². The smallest absolute Gasteiger partial charge is 0.254 e. The Bertz CT molecular complexity index is 715. The molecule has 0 atom stereocenters. The van der Waals surface area contributed by atoms with E-state index in [1.807, 2.05) is 47.7 Å². The van der Waals surface area contributed by atoms with Crippen LogP contribution < -0.4 is 0 Å². The standard InChI is InChI=1S/C19H25N3O2/c1-14-4-3-5-17(15(14)2)19(24)21-10-7-16(8-11-21)18-6-9-20-22(18)12-13-23/h3-6,9,16,23H,7-8,10-13H2,1-2H3. The number of aliphatic hydroxyl groups excluding tert-OH is 1. The van der Waals surface area contributed by atoms with E-state index in [0.717, 1.165) is 42.6 Å². The van der Waals surface area contributed by atoms with Gasteiger partial charge in [0.1, 0.15) is 0 Å². The number of rotatable bonds is 4. The number of carbonyl (C=O) groups excluding carboxylic acids is 1. The Balaban J connectivity index is 1.67. The highest BCUT2D eigenvalue weighted by atomic mass is 16.3. The van der Waals surface area contributed by atoms with Crippen molar-refractivity contribution in [3.05, 3.63) is 52.8 Å². The van der Waals surface area contributed by atoms with Gasteiger partial charge >= 0.3 is 0 Å². The van der Waals surface area contributed by atoms with E-state index in [2.05, 4.69) is 5.10 Å². The number of hydrogen-bond acceptors (Lipinski definition) is 3. The summed E-state index contributed by atoms with van der Waals surface area (Å²) in [4.78, 5) is 14.8. The fourth-order valence-electron chi connectivity index (χ4n) is 3.50. The maximum absolute atomic E-state index is 12.8. The molecule has 0 aliphatic carbocycles. The largest absolute Gasteiger partial charge is 0.394 e. The summed E-state index contributed by atoms with van der Waals surface area (Å²) in [6.07, 6.45) is 3.67. The van der Waals surface area contributed by atoms with Gasteiger partial charge in [-0.1, -0.05) is 12.1 Å². The van der Waals surface area contributed by atoms with Crippen molar-refractivity contribution < 1.29 is 9.90 Å². The highest BCUT2D eigenvalue weighted by Gasteiger charge is 2.27. The number of nitrogens with zero attached hydrogens (tertiary/aromatic N) is 3. The zero-order chi connectivity index (χ0) is 17.1. The van der Waals surface area contributed by atoms with E-state index < -0.39 is 0 Å². The quantitative estimate of drug-likeness (QED) is 0.939. The van der Waals surface area contributed by atoms with Crippen LogP contribution in [-0.2, 0) is 6.54 Å². The lowest BCUT2D eigenvalue weighted by molar-refractivity contribution is 0.0710. The van der Waals surface area contributed by atoms with E-state index in [1.54, 1.807) is 6.20 Å². The molecule has 0 bridgehead atoms. The first-order chi connectivity index (χ1) is 11.6. The topological polar surface area (TPSA) is 58.4 Å². The van der Waals surface area contributed by atoms with E-state index in [4.69, 9.17) is 5.11 Å². The van der Waals surface area contributed by atoms with Crippen LogP contribution in [0, 0.1) is 13.8 Å². The lowest BCUT2D eigenvalue weighted by Gasteiger charge is -2.32. The third-order valence-corrected chi connectivity index (χ3v) is 5.10. The van der Waals surface area contributed by atoms with Crippen molar-refractivity contribution in [1.82, 2.24) is 14.7 Å². The molecule has 0 saturated carbocycles. The number of aryl methyl sites for hydroxylation is 1. The number of benzene rings is 1. The molecular weight excluding hydrogens is 302 g/mol. The lowest BCUT2D eigenvalue weighted by atomic mass is 9.92. The number of hydrogen-bond donors (Lipinski definition) is 1.